The molecule has 1 unspecified atom stereocenters. The highest BCUT2D eigenvalue weighted by Crippen LogP contribution is 2.29. The molecule has 0 bridgehead atoms. The van der Waals surface area contributed by atoms with Crippen molar-refractivity contribution in [3.8, 4) is 0 Å². The minimum atomic E-state index is -0.854. The van der Waals surface area contributed by atoms with Gasteiger partial charge in [-0.2, -0.15) is 0 Å². The minimum absolute atomic E-state index is 0.364. The van der Waals surface area contributed by atoms with E-state index in [1.54, 1.807) is 0 Å². The summed E-state index contributed by atoms with van der Waals surface area (Å²) in [7, 11) is 0. The molecule has 130 valence electrons. The lowest BCUT2D eigenvalue weighted by molar-refractivity contribution is -0.131. The summed E-state index contributed by atoms with van der Waals surface area (Å²) in [5, 5.41) is 18.9. The summed E-state index contributed by atoms with van der Waals surface area (Å²) in [4.78, 5) is 10.8. The van der Waals surface area contributed by atoms with Crippen LogP contribution in [0.25, 0.3) is 0 Å². The zero-order valence-corrected chi connectivity index (χ0v) is 14.2. The molecule has 1 aliphatic carbocycles. The van der Waals surface area contributed by atoms with E-state index in [2.05, 4.69) is 30.3 Å². The molecule has 1 fully saturated rings. The van der Waals surface area contributed by atoms with Crippen LogP contribution in [0.2, 0.25) is 0 Å². The van der Waals surface area contributed by atoms with E-state index in [0.717, 1.165) is 56.9 Å². The number of hydrogen-bond acceptors (Lipinski definition) is 2. The first-order valence-electron chi connectivity index (χ1n) is 8.96. The number of allylic oxidation sites excluding steroid dienone is 2. The number of unbranched alkanes of at least 4 members (excludes halogenated alkanes) is 1. The topological polar surface area (TPSA) is 57.5 Å². The molecule has 0 heterocycles. The van der Waals surface area contributed by atoms with E-state index in [4.69, 9.17) is 5.11 Å². The van der Waals surface area contributed by atoms with Crippen molar-refractivity contribution in [1.82, 2.24) is 0 Å². The number of benzene rings is 1. The van der Waals surface area contributed by atoms with Gasteiger partial charge in [-0.1, -0.05) is 54.5 Å². The Bertz CT molecular complexity index is 560. The number of carboxylic acids is 1. The van der Waals surface area contributed by atoms with Crippen molar-refractivity contribution in [3.63, 3.8) is 0 Å². The number of carboxylic acid groups (broad SMARTS) is 1. The van der Waals surface area contributed by atoms with Crippen LogP contribution in [-0.2, 0) is 11.2 Å². The highest BCUT2D eigenvalue weighted by atomic mass is 16.4. The van der Waals surface area contributed by atoms with Gasteiger partial charge in [0.05, 0.1) is 6.10 Å². The second-order valence-corrected chi connectivity index (χ2v) is 6.68. The maximum Gasteiger partial charge on any atom is 0.328 e. The number of aliphatic hydroxyl groups is 1. The van der Waals surface area contributed by atoms with Gasteiger partial charge in [-0.25, -0.2) is 4.79 Å². The average Bonchev–Trinajstić information content (AvgIpc) is 2.58. The highest BCUT2D eigenvalue weighted by Gasteiger charge is 2.15. The van der Waals surface area contributed by atoms with Crippen molar-refractivity contribution in [2.24, 2.45) is 5.92 Å². The van der Waals surface area contributed by atoms with Crippen LogP contribution >= 0.6 is 0 Å². The van der Waals surface area contributed by atoms with Crippen LogP contribution in [0.4, 0.5) is 0 Å². The third-order valence-electron chi connectivity index (χ3n) is 4.59. The Morgan fingerprint density at radius 3 is 2.79 bits per heavy atom. The highest BCUT2D eigenvalue weighted by molar-refractivity contribution is 5.80. The molecule has 2 atom stereocenters. The van der Waals surface area contributed by atoms with Gasteiger partial charge in [0.15, 0.2) is 0 Å². The molecule has 0 aromatic heterocycles. The number of hydrogen-bond donors (Lipinski definition) is 2. The van der Waals surface area contributed by atoms with Crippen molar-refractivity contribution in [3.05, 3.63) is 59.7 Å². The van der Waals surface area contributed by atoms with Crippen LogP contribution in [0, 0.1) is 5.92 Å². The number of aliphatic carboxylic acids is 1. The molecule has 3 nitrogen and oxygen atoms in total. The Labute approximate surface area is 144 Å². The minimum Gasteiger partial charge on any atom is -0.478 e. The van der Waals surface area contributed by atoms with Crippen molar-refractivity contribution in [2.45, 2.75) is 57.5 Å². The monoisotopic (exact) mass is 328 g/mol. The molecule has 1 saturated carbocycles. The van der Waals surface area contributed by atoms with Gasteiger partial charge < -0.3 is 10.2 Å². The quantitative estimate of drug-likeness (QED) is 0.419. The average molecular weight is 328 g/mol. The third-order valence-corrected chi connectivity index (χ3v) is 4.59. The molecule has 2 rings (SSSR count). The molecule has 0 spiro atoms. The molecular weight excluding hydrogens is 300 g/mol. The molecule has 0 aliphatic heterocycles. The fourth-order valence-electron chi connectivity index (χ4n) is 3.31. The maximum atomic E-state index is 10.8. The Kier molecular flexibility index (Phi) is 7.76. The Balaban J connectivity index is 1.67. The van der Waals surface area contributed by atoms with E-state index in [1.807, 2.05) is 12.1 Å². The lowest BCUT2D eigenvalue weighted by atomic mass is 9.85. The first-order chi connectivity index (χ1) is 11.6. The summed E-state index contributed by atoms with van der Waals surface area (Å²) in [5.41, 5.74) is 2.36. The van der Waals surface area contributed by atoms with Gasteiger partial charge in [-0.3, -0.25) is 0 Å². The van der Waals surface area contributed by atoms with Gasteiger partial charge in [0.2, 0.25) is 0 Å². The van der Waals surface area contributed by atoms with E-state index in [0.29, 0.717) is 5.92 Å². The summed E-state index contributed by atoms with van der Waals surface area (Å²) in [6.07, 6.45) is 12.7. The summed E-state index contributed by atoms with van der Waals surface area (Å²) in [5.74, 6) is -0.489. The zero-order chi connectivity index (χ0) is 17.2. The van der Waals surface area contributed by atoms with Crippen LogP contribution in [0.5, 0.6) is 0 Å². The van der Waals surface area contributed by atoms with Gasteiger partial charge in [0.1, 0.15) is 0 Å². The lowest BCUT2D eigenvalue weighted by Crippen LogP contribution is -2.09. The molecule has 1 aromatic rings. The van der Waals surface area contributed by atoms with E-state index >= 15 is 0 Å². The third kappa shape index (κ3) is 7.14. The molecule has 2 N–H and O–H groups in total. The summed E-state index contributed by atoms with van der Waals surface area (Å²) >= 11 is 0. The molecule has 0 radical (unpaired) electrons. The second kappa shape index (κ2) is 10.1. The predicted octanol–water partition coefficient (Wildman–Crippen LogP) is 4.52. The molecule has 1 aromatic carbocycles. The van der Waals surface area contributed by atoms with Gasteiger partial charge in [-0.05, 0) is 56.4 Å². The largest absolute Gasteiger partial charge is 0.478 e. The summed E-state index contributed by atoms with van der Waals surface area (Å²) in [6, 6.07) is 10.4. The van der Waals surface area contributed by atoms with Gasteiger partial charge >= 0.3 is 5.97 Å². The van der Waals surface area contributed by atoms with Gasteiger partial charge in [-0.15, -0.1) is 0 Å². The fourth-order valence-corrected chi connectivity index (χ4v) is 3.31. The Hall–Kier alpha value is -1.87. The predicted molar refractivity (Wildman–Crippen MR) is 96.8 cm³/mol. The summed E-state index contributed by atoms with van der Waals surface area (Å²) in [6.45, 7) is 0. The zero-order valence-electron chi connectivity index (χ0n) is 14.2. The Morgan fingerprint density at radius 1 is 1.25 bits per heavy atom. The first-order valence-corrected chi connectivity index (χ1v) is 8.96. The number of rotatable bonds is 8. The Morgan fingerprint density at radius 2 is 2.04 bits per heavy atom. The maximum absolute atomic E-state index is 10.8. The fraction of sp³-hybridized carbons (Fsp3) is 0.476. The molecule has 0 amide bonds. The molecule has 3 heteroatoms. The number of aryl methyl sites for hydroxylation is 1. The molecule has 24 heavy (non-hydrogen) atoms. The molecule has 1 aliphatic rings. The normalized spacial score (nSPS) is 21.2. The van der Waals surface area contributed by atoms with E-state index in [-0.39, 0.29) is 0 Å². The van der Waals surface area contributed by atoms with Crippen molar-refractivity contribution >= 4 is 5.97 Å². The SMILES string of the molecule is O=C(O)/C=C1\CCC[C@H](/C=C\C(O)CCCCc2ccccc2)C1. The van der Waals surface area contributed by atoms with Gasteiger partial charge in [0, 0.05) is 6.08 Å². The second-order valence-electron chi connectivity index (χ2n) is 6.68. The number of carbonyl (C=O) groups is 1. The van der Waals surface area contributed by atoms with Crippen molar-refractivity contribution in [2.75, 3.05) is 0 Å². The number of aliphatic hydroxyl groups excluding tert-OH is 1. The lowest BCUT2D eigenvalue weighted by Gasteiger charge is -2.21. The van der Waals surface area contributed by atoms with E-state index in [1.165, 1.54) is 11.6 Å². The smallest absolute Gasteiger partial charge is 0.328 e. The van der Waals surface area contributed by atoms with Crippen molar-refractivity contribution in [1.29, 1.82) is 0 Å². The van der Waals surface area contributed by atoms with E-state index in [9.17, 15) is 9.90 Å². The van der Waals surface area contributed by atoms with Crippen LogP contribution in [-0.4, -0.2) is 22.3 Å². The standard InChI is InChI=1S/C21H28O3/c22-20(12-5-4-9-17-7-2-1-3-8-17)14-13-18-10-6-11-19(15-18)16-21(23)24/h1-3,7-8,13-14,16,18,20,22H,4-6,9-12,15H2,(H,23,24)/b14-13-,19-16+/t18-,20?/m1/s1. The van der Waals surface area contributed by atoms with Crippen LogP contribution in [0.1, 0.15) is 50.5 Å². The molecular formula is C21H28O3. The first kappa shape index (κ1) is 18.5. The van der Waals surface area contributed by atoms with Gasteiger partial charge in [0.25, 0.3) is 0 Å². The van der Waals surface area contributed by atoms with Crippen LogP contribution in [0.3, 0.4) is 0 Å². The molecule has 0 saturated heterocycles. The van der Waals surface area contributed by atoms with E-state index < -0.39 is 12.1 Å². The summed E-state index contributed by atoms with van der Waals surface area (Å²) < 4.78 is 0. The van der Waals surface area contributed by atoms with Crippen LogP contribution in [0.15, 0.2) is 54.1 Å². The van der Waals surface area contributed by atoms with Crippen molar-refractivity contribution < 1.29 is 15.0 Å². The van der Waals surface area contributed by atoms with Crippen LogP contribution < -0.4 is 0 Å².